The van der Waals surface area contributed by atoms with E-state index in [2.05, 4.69) is 28.9 Å². The quantitative estimate of drug-likeness (QED) is 0.769. The van der Waals surface area contributed by atoms with Gasteiger partial charge in [0.05, 0.1) is 11.7 Å². The van der Waals surface area contributed by atoms with Crippen molar-refractivity contribution in [1.29, 1.82) is 0 Å². The molecule has 0 saturated carbocycles. The van der Waals surface area contributed by atoms with E-state index in [4.69, 9.17) is 11.6 Å². The van der Waals surface area contributed by atoms with Crippen molar-refractivity contribution in [1.82, 2.24) is 9.80 Å². The minimum Gasteiger partial charge on any atom is -0.344 e. The predicted octanol–water partition coefficient (Wildman–Crippen LogP) is 2.55. The van der Waals surface area contributed by atoms with Crippen LogP contribution in [0.2, 0.25) is 0 Å². The number of nitrogens with zero attached hydrogens (tertiary/aromatic N) is 3. The Hall–Kier alpha value is -1.22. The number of aliphatic imine (C=N–C) groups is 1. The number of halogens is 1. The Bertz CT molecular complexity index is 391. The van der Waals surface area contributed by atoms with Crippen molar-refractivity contribution in [2.45, 2.75) is 12.5 Å². The van der Waals surface area contributed by atoms with Crippen molar-refractivity contribution >= 4 is 23.2 Å². The Kier molecular flexibility index (Phi) is 3.89. The highest BCUT2D eigenvalue weighted by Gasteiger charge is 2.29. The van der Waals surface area contributed by atoms with Crippen LogP contribution in [0.1, 0.15) is 6.42 Å². The van der Waals surface area contributed by atoms with Crippen LogP contribution in [0.5, 0.6) is 0 Å². The van der Waals surface area contributed by atoms with Gasteiger partial charge in [0, 0.05) is 26.5 Å². The zero-order valence-electron chi connectivity index (χ0n) is 10.3. The zero-order valence-corrected chi connectivity index (χ0v) is 11.1. The Labute approximate surface area is 108 Å². The lowest BCUT2D eigenvalue weighted by Crippen LogP contribution is -2.31. The molecule has 0 N–H and O–H groups in total. The molecule has 3 nitrogen and oxygen atoms in total. The number of rotatable bonds is 3. The second kappa shape index (κ2) is 5.41. The molecule has 1 aromatic rings. The SMILES string of the molecule is CN1CC(CCCl)N(C)C1=Nc1ccccc1. The summed E-state index contributed by atoms with van der Waals surface area (Å²) >= 11 is 5.82. The Balaban J connectivity index is 2.18. The van der Waals surface area contributed by atoms with Crippen molar-refractivity contribution in [2.24, 2.45) is 4.99 Å². The van der Waals surface area contributed by atoms with Crippen LogP contribution in [-0.4, -0.2) is 48.3 Å². The molecule has 4 heteroatoms. The highest BCUT2D eigenvalue weighted by atomic mass is 35.5. The number of alkyl halides is 1. The summed E-state index contributed by atoms with van der Waals surface area (Å²) in [6.07, 6.45) is 0.996. The Morgan fingerprint density at radius 1 is 1.29 bits per heavy atom. The highest BCUT2D eigenvalue weighted by Crippen LogP contribution is 2.19. The highest BCUT2D eigenvalue weighted by molar-refractivity contribution is 6.17. The first-order valence-electron chi connectivity index (χ1n) is 5.86. The lowest BCUT2D eigenvalue weighted by Gasteiger charge is -2.19. The number of guanidine groups is 1. The second-order valence-electron chi connectivity index (χ2n) is 4.37. The van der Waals surface area contributed by atoms with E-state index in [-0.39, 0.29) is 0 Å². The van der Waals surface area contributed by atoms with E-state index in [0.717, 1.165) is 24.6 Å². The van der Waals surface area contributed by atoms with Gasteiger partial charge < -0.3 is 9.80 Å². The number of hydrogen-bond acceptors (Lipinski definition) is 1. The van der Waals surface area contributed by atoms with Crippen LogP contribution >= 0.6 is 11.6 Å². The van der Waals surface area contributed by atoms with E-state index >= 15 is 0 Å². The van der Waals surface area contributed by atoms with Crippen molar-refractivity contribution in [2.75, 3.05) is 26.5 Å². The van der Waals surface area contributed by atoms with E-state index in [1.807, 2.05) is 30.3 Å². The van der Waals surface area contributed by atoms with Gasteiger partial charge in [-0.3, -0.25) is 0 Å². The van der Waals surface area contributed by atoms with Crippen LogP contribution in [0.25, 0.3) is 0 Å². The topological polar surface area (TPSA) is 18.8 Å². The fourth-order valence-corrected chi connectivity index (χ4v) is 2.40. The predicted molar refractivity (Wildman–Crippen MR) is 73.1 cm³/mol. The molecule has 0 aliphatic carbocycles. The summed E-state index contributed by atoms with van der Waals surface area (Å²) in [5, 5.41) is 0. The van der Waals surface area contributed by atoms with E-state index in [9.17, 15) is 0 Å². The van der Waals surface area contributed by atoms with Crippen LogP contribution in [-0.2, 0) is 0 Å². The molecule has 2 rings (SSSR count). The average Bonchev–Trinajstić information content (AvgIpc) is 2.59. The van der Waals surface area contributed by atoms with Crippen LogP contribution in [0.3, 0.4) is 0 Å². The number of benzene rings is 1. The third-order valence-electron chi connectivity index (χ3n) is 3.12. The standard InChI is InChI=1S/C13H18ClN3/c1-16-10-12(8-9-14)17(2)13(16)15-11-6-4-3-5-7-11/h3-7,12H,8-10H2,1-2H3. The molecule has 1 saturated heterocycles. The van der Waals surface area contributed by atoms with Gasteiger partial charge in [-0.2, -0.15) is 0 Å². The molecular formula is C13H18ClN3. The molecular weight excluding hydrogens is 234 g/mol. The van der Waals surface area contributed by atoms with Crippen LogP contribution in [0.15, 0.2) is 35.3 Å². The average molecular weight is 252 g/mol. The second-order valence-corrected chi connectivity index (χ2v) is 4.75. The molecule has 0 radical (unpaired) electrons. The summed E-state index contributed by atoms with van der Waals surface area (Å²) in [6.45, 7) is 0.995. The van der Waals surface area contributed by atoms with Gasteiger partial charge in [-0.05, 0) is 18.6 Å². The zero-order chi connectivity index (χ0) is 12.3. The monoisotopic (exact) mass is 251 g/mol. The van der Waals surface area contributed by atoms with Gasteiger partial charge in [-0.25, -0.2) is 4.99 Å². The molecule has 1 aromatic carbocycles. The van der Waals surface area contributed by atoms with Gasteiger partial charge in [0.2, 0.25) is 5.96 Å². The molecule has 92 valence electrons. The summed E-state index contributed by atoms with van der Waals surface area (Å²) in [5.74, 6) is 1.72. The van der Waals surface area contributed by atoms with Crippen molar-refractivity contribution in [3.63, 3.8) is 0 Å². The first-order valence-corrected chi connectivity index (χ1v) is 6.39. The summed E-state index contributed by atoms with van der Waals surface area (Å²) in [7, 11) is 4.16. The Morgan fingerprint density at radius 3 is 2.65 bits per heavy atom. The van der Waals surface area contributed by atoms with Gasteiger partial charge >= 0.3 is 0 Å². The molecule has 0 aromatic heterocycles. The molecule has 1 atom stereocenters. The van der Waals surface area contributed by atoms with Crippen molar-refractivity contribution in [3.05, 3.63) is 30.3 Å². The molecule has 0 spiro atoms. The molecule has 0 bridgehead atoms. The summed E-state index contributed by atoms with van der Waals surface area (Å²) in [4.78, 5) is 9.08. The normalized spacial score (nSPS) is 22.5. The van der Waals surface area contributed by atoms with Crippen molar-refractivity contribution in [3.8, 4) is 0 Å². The van der Waals surface area contributed by atoms with Gasteiger partial charge in [0.25, 0.3) is 0 Å². The number of hydrogen-bond donors (Lipinski definition) is 0. The van der Waals surface area contributed by atoms with Gasteiger partial charge in [0.1, 0.15) is 0 Å². The fourth-order valence-electron chi connectivity index (χ4n) is 2.15. The van der Waals surface area contributed by atoms with E-state index in [1.165, 1.54) is 0 Å². The van der Waals surface area contributed by atoms with Gasteiger partial charge in [-0.1, -0.05) is 18.2 Å². The van der Waals surface area contributed by atoms with E-state index in [0.29, 0.717) is 11.9 Å². The van der Waals surface area contributed by atoms with Crippen LogP contribution in [0, 0.1) is 0 Å². The molecule has 1 unspecified atom stereocenters. The molecule has 1 aliphatic heterocycles. The third-order valence-corrected chi connectivity index (χ3v) is 3.34. The van der Waals surface area contributed by atoms with Crippen LogP contribution < -0.4 is 0 Å². The minimum atomic E-state index is 0.472. The van der Waals surface area contributed by atoms with E-state index < -0.39 is 0 Å². The number of para-hydroxylation sites is 1. The lowest BCUT2D eigenvalue weighted by atomic mass is 10.2. The van der Waals surface area contributed by atoms with Crippen LogP contribution in [0.4, 0.5) is 5.69 Å². The number of likely N-dealkylation sites (N-methyl/N-ethyl adjacent to an activating group) is 2. The largest absolute Gasteiger partial charge is 0.344 e. The fraction of sp³-hybridized carbons (Fsp3) is 0.462. The molecule has 1 fully saturated rings. The minimum absolute atomic E-state index is 0.472. The van der Waals surface area contributed by atoms with Gasteiger partial charge in [-0.15, -0.1) is 11.6 Å². The summed E-state index contributed by atoms with van der Waals surface area (Å²) in [5.41, 5.74) is 0.993. The lowest BCUT2D eigenvalue weighted by molar-refractivity contribution is 0.390. The maximum atomic E-state index is 5.82. The maximum absolute atomic E-state index is 5.82. The first-order chi connectivity index (χ1) is 8.22. The molecule has 1 aliphatic rings. The van der Waals surface area contributed by atoms with Crippen molar-refractivity contribution < 1.29 is 0 Å². The third kappa shape index (κ3) is 2.72. The smallest absolute Gasteiger partial charge is 0.201 e. The maximum Gasteiger partial charge on any atom is 0.201 e. The summed E-state index contributed by atoms with van der Waals surface area (Å²) < 4.78 is 0. The van der Waals surface area contributed by atoms with Gasteiger partial charge in [0.15, 0.2) is 0 Å². The Morgan fingerprint density at radius 2 is 2.00 bits per heavy atom. The molecule has 17 heavy (non-hydrogen) atoms. The first kappa shape index (κ1) is 12.2. The molecule has 1 heterocycles. The molecule has 0 amide bonds. The van der Waals surface area contributed by atoms with E-state index in [1.54, 1.807) is 0 Å². The summed E-state index contributed by atoms with van der Waals surface area (Å²) in [6, 6.07) is 10.5.